The summed E-state index contributed by atoms with van der Waals surface area (Å²) < 4.78 is 0. The second-order valence-corrected chi connectivity index (χ2v) is 15.2. The number of rotatable bonds is 11. The van der Waals surface area contributed by atoms with Gasteiger partial charge < -0.3 is 9.80 Å². The van der Waals surface area contributed by atoms with Crippen LogP contribution in [0.5, 0.6) is 0 Å². The molecule has 0 atom stereocenters. The zero-order valence-electron chi connectivity index (χ0n) is 32.9. The Morgan fingerprint density at radius 1 is 0.544 bits per heavy atom. The van der Waals surface area contributed by atoms with Crippen LogP contribution in [0.3, 0.4) is 0 Å². The summed E-state index contributed by atoms with van der Waals surface area (Å²) in [5, 5.41) is 2.02. The smallest absolute Gasteiger partial charge is 0.0467 e. The molecule has 0 aromatic heterocycles. The van der Waals surface area contributed by atoms with Gasteiger partial charge in [0.2, 0.25) is 0 Å². The van der Waals surface area contributed by atoms with E-state index in [9.17, 15) is 0 Å². The van der Waals surface area contributed by atoms with Crippen LogP contribution in [0.25, 0.3) is 35.9 Å². The van der Waals surface area contributed by atoms with Gasteiger partial charge in [0, 0.05) is 39.5 Å². The molecular weight excluding hydrogens is 689 g/mol. The first-order chi connectivity index (χ1) is 27.8. The first-order valence-corrected chi connectivity index (χ1v) is 19.7. The lowest BCUT2D eigenvalue weighted by molar-refractivity contribution is 0.641. The topological polar surface area (TPSA) is 6.48 Å². The zero-order valence-corrected chi connectivity index (χ0v) is 32.9. The van der Waals surface area contributed by atoms with Crippen LogP contribution in [0.1, 0.15) is 48.1 Å². The van der Waals surface area contributed by atoms with E-state index in [-0.39, 0.29) is 5.41 Å². The second kappa shape index (κ2) is 16.1. The molecule has 7 aromatic carbocycles. The van der Waals surface area contributed by atoms with Gasteiger partial charge in [-0.05, 0) is 135 Å². The highest BCUT2D eigenvalue weighted by atomic mass is 15.1. The Balaban J connectivity index is 1.12. The van der Waals surface area contributed by atoms with Gasteiger partial charge in [0.15, 0.2) is 0 Å². The summed E-state index contributed by atoms with van der Waals surface area (Å²) in [6, 6.07) is 59.3. The summed E-state index contributed by atoms with van der Waals surface area (Å²) in [6.45, 7) is 16.6. The minimum Gasteiger partial charge on any atom is -0.310 e. The molecule has 2 heteroatoms. The maximum Gasteiger partial charge on any atom is 0.0467 e. The molecule has 278 valence electrons. The van der Waals surface area contributed by atoms with Crippen LogP contribution in [0, 0.1) is 0 Å². The third-order valence-corrected chi connectivity index (χ3v) is 11.3. The Morgan fingerprint density at radius 2 is 1.05 bits per heavy atom. The fraction of sp³-hybridized carbons (Fsp3) is 0.0909. The van der Waals surface area contributed by atoms with Crippen LogP contribution in [0.4, 0.5) is 34.1 Å². The van der Waals surface area contributed by atoms with Gasteiger partial charge in [-0.25, -0.2) is 0 Å². The molecule has 8 rings (SSSR count). The Hall–Kier alpha value is -6.90. The van der Waals surface area contributed by atoms with Crippen LogP contribution < -0.4 is 20.2 Å². The molecule has 0 saturated carbocycles. The molecule has 0 radical (unpaired) electrons. The largest absolute Gasteiger partial charge is 0.310 e. The molecule has 7 aromatic rings. The maximum atomic E-state index is 4.22. The van der Waals surface area contributed by atoms with Crippen molar-refractivity contribution in [3.63, 3.8) is 0 Å². The summed E-state index contributed by atoms with van der Waals surface area (Å²) >= 11 is 0. The van der Waals surface area contributed by atoms with Crippen molar-refractivity contribution < 1.29 is 0 Å². The fourth-order valence-electron chi connectivity index (χ4n) is 7.86. The van der Waals surface area contributed by atoms with Gasteiger partial charge in [-0.1, -0.05) is 155 Å². The third kappa shape index (κ3) is 7.68. The lowest BCUT2D eigenvalue weighted by atomic mass is 9.78. The minimum atomic E-state index is -0.153. The Kier molecular flexibility index (Phi) is 10.4. The molecular formula is C55H48N2. The van der Waals surface area contributed by atoms with E-state index < -0.39 is 0 Å². The molecule has 0 saturated heterocycles. The molecule has 0 heterocycles. The van der Waals surface area contributed by atoms with Gasteiger partial charge in [-0.3, -0.25) is 0 Å². The van der Waals surface area contributed by atoms with Crippen molar-refractivity contribution >= 4 is 58.9 Å². The Labute approximate surface area is 338 Å². The zero-order chi connectivity index (χ0) is 39.4. The highest BCUT2D eigenvalue weighted by Crippen LogP contribution is 2.40. The number of fused-ring (bicyclic) bond motifs is 1. The van der Waals surface area contributed by atoms with Crippen molar-refractivity contribution in [3.05, 3.63) is 227 Å². The number of aryl methyl sites for hydroxylation is 1. The van der Waals surface area contributed by atoms with Gasteiger partial charge >= 0.3 is 0 Å². The van der Waals surface area contributed by atoms with Crippen LogP contribution in [0.15, 0.2) is 189 Å². The first kappa shape index (κ1) is 37.0. The number of benzene rings is 7. The van der Waals surface area contributed by atoms with Crippen molar-refractivity contribution in [3.8, 4) is 11.1 Å². The lowest BCUT2D eigenvalue weighted by Gasteiger charge is -2.29. The summed E-state index contributed by atoms with van der Waals surface area (Å²) in [4.78, 5) is 4.65. The van der Waals surface area contributed by atoms with Gasteiger partial charge in [0.25, 0.3) is 0 Å². The number of para-hydroxylation sites is 1. The number of hydrogen-bond acceptors (Lipinski definition) is 2. The molecule has 57 heavy (non-hydrogen) atoms. The van der Waals surface area contributed by atoms with Crippen molar-refractivity contribution in [1.29, 1.82) is 0 Å². The van der Waals surface area contributed by atoms with Crippen LogP contribution in [-0.4, -0.2) is 0 Å². The molecule has 0 N–H and O–H groups in total. The van der Waals surface area contributed by atoms with Crippen molar-refractivity contribution in [2.45, 2.75) is 32.1 Å². The molecule has 0 fully saturated rings. The monoisotopic (exact) mass is 736 g/mol. The molecule has 0 amide bonds. The van der Waals surface area contributed by atoms with Gasteiger partial charge in [0.1, 0.15) is 0 Å². The van der Waals surface area contributed by atoms with Crippen LogP contribution >= 0.6 is 0 Å². The highest BCUT2D eigenvalue weighted by Gasteiger charge is 2.24. The number of allylic oxidation sites excluding steroid dienone is 2. The number of hydrogen-bond donors (Lipinski definition) is 0. The predicted molar refractivity (Wildman–Crippen MR) is 247 cm³/mol. The van der Waals surface area contributed by atoms with E-state index in [1.54, 1.807) is 0 Å². The molecule has 0 bridgehead atoms. The molecule has 1 aliphatic carbocycles. The van der Waals surface area contributed by atoms with Gasteiger partial charge in [-0.2, -0.15) is 0 Å². The molecule has 0 spiro atoms. The normalized spacial score (nSPS) is 12.5. The summed E-state index contributed by atoms with van der Waals surface area (Å²) in [5.74, 6) is 0. The Morgan fingerprint density at radius 3 is 1.63 bits per heavy atom. The SMILES string of the molecule is C=C/C=c1/cc(N(c2ccccc2)c2ccc(-c3ccc(N(c4ccc(C(C)(C)c5ccc(C=C)cc5)cc4)c4ccc5c(c4)C=CCC5)cc3)cc2)ccc1=C. The van der Waals surface area contributed by atoms with Gasteiger partial charge in [0.05, 0.1) is 0 Å². The summed E-state index contributed by atoms with van der Waals surface area (Å²) in [6.07, 6.45) is 12.4. The van der Waals surface area contributed by atoms with Gasteiger partial charge in [-0.15, -0.1) is 0 Å². The third-order valence-electron chi connectivity index (χ3n) is 11.3. The fourth-order valence-corrected chi connectivity index (χ4v) is 7.86. The van der Waals surface area contributed by atoms with E-state index in [2.05, 4.69) is 219 Å². The second-order valence-electron chi connectivity index (χ2n) is 15.2. The molecule has 0 aliphatic heterocycles. The first-order valence-electron chi connectivity index (χ1n) is 19.7. The van der Waals surface area contributed by atoms with Crippen molar-refractivity contribution in [1.82, 2.24) is 0 Å². The molecule has 2 nitrogen and oxygen atoms in total. The van der Waals surface area contributed by atoms with E-state index in [4.69, 9.17) is 0 Å². The van der Waals surface area contributed by atoms with Crippen LogP contribution in [-0.2, 0) is 11.8 Å². The van der Waals surface area contributed by atoms with Crippen molar-refractivity contribution in [2.24, 2.45) is 0 Å². The summed E-state index contributed by atoms with van der Waals surface area (Å²) in [5.41, 5.74) is 15.2. The molecule has 1 aliphatic rings. The van der Waals surface area contributed by atoms with Crippen molar-refractivity contribution in [2.75, 3.05) is 9.80 Å². The highest BCUT2D eigenvalue weighted by molar-refractivity contribution is 5.82. The van der Waals surface area contributed by atoms with E-state index in [0.717, 1.165) is 74.1 Å². The van der Waals surface area contributed by atoms with E-state index in [1.807, 2.05) is 18.2 Å². The standard InChI is InChI=1S/C55H48N2/c1-6-13-45-38-53(30-18-40(45)3)56(49-16-9-8-10-17-49)50-31-21-43(22-32-50)44-23-33-51(34-24-44)57(54-35-25-42-14-11-12-15-46(42)39-54)52-36-28-48(29-37-52)55(4,5)47-26-19-41(7-2)20-27-47/h6-10,12-13,15-39H,1-3,11,14H2,4-5H3/b45-13-. The summed E-state index contributed by atoms with van der Waals surface area (Å²) in [7, 11) is 0. The van der Waals surface area contributed by atoms with E-state index in [1.165, 1.54) is 22.3 Å². The Bertz CT molecular complexity index is 2670. The lowest BCUT2D eigenvalue weighted by Crippen LogP contribution is -2.24. The minimum absolute atomic E-state index is 0.153. The number of nitrogens with zero attached hydrogens (tertiary/aromatic N) is 2. The quantitative estimate of drug-likeness (QED) is 0.130. The average Bonchev–Trinajstić information content (AvgIpc) is 3.26. The maximum absolute atomic E-state index is 4.22. The molecule has 0 unspecified atom stereocenters. The predicted octanol–water partition coefficient (Wildman–Crippen LogP) is 13.6. The van der Waals surface area contributed by atoms with E-state index in [0.29, 0.717) is 0 Å². The van der Waals surface area contributed by atoms with E-state index >= 15 is 0 Å². The number of anilines is 6. The average molecular weight is 737 g/mol. The van der Waals surface area contributed by atoms with Crippen LogP contribution in [0.2, 0.25) is 0 Å².